The highest BCUT2D eigenvalue weighted by atomic mass is 35.5. The summed E-state index contributed by atoms with van der Waals surface area (Å²) in [5, 5.41) is 10.6. The average molecular weight is 238 g/mol. The van der Waals surface area contributed by atoms with Crippen molar-refractivity contribution in [3.8, 4) is 0 Å². The van der Waals surface area contributed by atoms with E-state index in [9.17, 15) is 4.79 Å². The van der Waals surface area contributed by atoms with Crippen molar-refractivity contribution in [3.63, 3.8) is 0 Å². The Morgan fingerprint density at radius 3 is 2.62 bits per heavy atom. The molecule has 1 N–H and O–H groups in total. The van der Waals surface area contributed by atoms with Crippen LogP contribution in [0.25, 0.3) is 10.9 Å². The van der Waals surface area contributed by atoms with E-state index in [1.54, 1.807) is 22.8 Å². The molecule has 0 aliphatic rings. The van der Waals surface area contributed by atoms with Gasteiger partial charge in [0.2, 0.25) is 0 Å². The molecule has 0 spiro atoms. The van der Waals surface area contributed by atoms with Crippen LogP contribution in [0.15, 0.2) is 24.3 Å². The van der Waals surface area contributed by atoms with Gasteiger partial charge in [-0.05, 0) is 38.1 Å². The molecular weight excluding hydrogens is 226 g/mol. The van der Waals surface area contributed by atoms with Crippen LogP contribution < -0.4 is 0 Å². The topological polar surface area (TPSA) is 42.2 Å². The monoisotopic (exact) mass is 237 g/mol. The number of aromatic carboxylic acids is 1. The first-order chi connectivity index (χ1) is 7.50. The van der Waals surface area contributed by atoms with Gasteiger partial charge in [-0.25, -0.2) is 4.79 Å². The van der Waals surface area contributed by atoms with Gasteiger partial charge in [-0.1, -0.05) is 11.6 Å². The van der Waals surface area contributed by atoms with Crippen molar-refractivity contribution in [2.24, 2.45) is 0 Å². The molecule has 0 aliphatic heterocycles. The molecule has 1 aromatic carbocycles. The summed E-state index contributed by atoms with van der Waals surface area (Å²) in [7, 11) is 0. The van der Waals surface area contributed by atoms with E-state index in [1.807, 2.05) is 19.9 Å². The molecule has 1 heterocycles. The summed E-state index contributed by atoms with van der Waals surface area (Å²) in [6.45, 7) is 3.92. The van der Waals surface area contributed by atoms with Crippen molar-refractivity contribution in [1.29, 1.82) is 0 Å². The first-order valence-corrected chi connectivity index (χ1v) is 5.42. The molecule has 4 heteroatoms. The van der Waals surface area contributed by atoms with E-state index in [0.717, 1.165) is 10.9 Å². The van der Waals surface area contributed by atoms with Crippen LogP contribution in [0.3, 0.4) is 0 Å². The van der Waals surface area contributed by atoms with E-state index in [2.05, 4.69) is 0 Å². The minimum absolute atomic E-state index is 0.102. The van der Waals surface area contributed by atoms with E-state index in [-0.39, 0.29) is 6.04 Å². The van der Waals surface area contributed by atoms with Gasteiger partial charge in [0.15, 0.2) is 0 Å². The van der Waals surface area contributed by atoms with Gasteiger partial charge in [-0.2, -0.15) is 0 Å². The third kappa shape index (κ3) is 1.67. The first-order valence-electron chi connectivity index (χ1n) is 5.04. The normalized spacial score (nSPS) is 11.2. The molecule has 0 aliphatic carbocycles. The Kier molecular flexibility index (Phi) is 2.64. The second kappa shape index (κ2) is 3.83. The van der Waals surface area contributed by atoms with Crippen LogP contribution in [0.5, 0.6) is 0 Å². The molecule has 0 fully saturated rings. The summed E-state index contributed by atoms with van der Waals surface area (Å²) in [6, 6.07) is 7.16. The van der Waals surface area contributed by atoms with Crippen LogP contribution in [-0.4, -0.2) is 15.6 Å². The molecule has 0 amide bonds. The molecule has 0 bridgehead atoms. The lowest BCUT2D eigenvalue weighted by Crippen LogP contribution is -2.10. The summed E-state index contributed by atoms with van der Waals surface area (Å²) in [5.74, 6) is -0.916. The van der Waals surface area contributed by atoms with Gasteiger partial charge >= 0.3 is 5.97 Å². The molecule has 3 nitrogen and oxygen atoms in total. The number of carboxylic acids is 1. The third-order valence-electron chi connectivity index (χ3n) is 2.54. The van der Waals surface area contributed by atoms with Crippen LogP contribution in [0, 0.1) is 0 Å². The third-order valence-corrected chi connectivity index (χ3v) is 2.77. The Bertz CT molecular complexity index is 557. The Morgan fingerprint density at radius 1 is 1.38 bits per heavy atom. The number of aromatic nitrogens is 1. The SMILES string of the molecule is CC(C)n1c(C(=O)O)cc2cc(Cl)ccc21. The zero-order valence-corrected chi connectivity index (χ0v) is 9.82. The number of fused-ring (bicyclic) bond motifs is 1. The maximum absolute atomic E-state index is 11.1. The average Bonchev–Trinajstić information content (AvgIpc) is 2.55. The predicted octanol–water partition coefficient (Wildman–Crippen LogP) is 3.57. The van der Waals surface area contributed by atoms with Crippen LogP contribution in [-0.2, 0) is 0 Å². The van der Waals surface area contributed by atoms with Gasteiger partial charge in [0, 0.05) is 22.0 Å². The maximum Gasteiger partial charge on any atom is 0.352 e. The molecule has 16 heavy (non-hydrogen) atoms. The van der Waals surface area contributed by atoms with Crippen molar-refractivity contribution < 1.29 is 9.90 Å². The van der Waals surface area contributed by atoms with Gasteiger partial charge in [-0.3, -0.25) is 0 Å². The Hall–Kier alpha value is -1.48. The van der Waals surface area contributed by atoms with Crippen molar-refractivity contribution in [2.75, 3.05) is 0 Å². The quantitative estimate of drug-likeness (QED) is 0.868. The standard InChI is InChI=1S/C12H12ClNO2/c1-7(2)14-10-4-3-9(13)5-8(10)6-11(14)12(15)16/h3-7H,1-2H3,(H,15,16). The highest BCUT2D eigenvalue weighted by Crippen LogP contribution is 2.26. The second-order valence-electron chi connectivity index (χ2n) is 4.00. The molecule has 84 valence electrons. The fourth-order valence-electron chi connectivity index (χ4n) is 1.93. The highest BCUT2D eigenvalue weighted by Gasteiger charge is 2.16. The van der Waals surface area contributed by atoms with E-state index >= 15 is 0 Å². The highest BCUT2D eigenvalue weighted by molar-refractivity contribution is 6.31. The number of hydrogen-bond acceptors (Lipinski definition) is 1. The number of carbonyl (C=O) groups is 1. The lowest BCUT2D eigenvalue weighted by atomic mass is 10.2. The van der Waals surface area contributed by atoms with Gasteiger partial charge in [0.1, 0.15) is 5.69 Å². The zero-order valence-electron chi connectivity index (χ0n) is 9.07. The summed E-state index contributed by atoms with van der Waals surface area (Å²) in [4.78, 5) is 11.1. The minimum Gasteiger partial charge on any atom is -0.477 e. The van der Waals surface area contributed by atoms with Gasteiger partial charge in [0.25, 0.3) is 0 Å². The molecule has 2 aromatic rings. The van der Waals surface area contributed by atoms with E-state index < -0.39 is 5.97 Å². The minimum atomic E-state index is -0.916. The van der Waals surface area contributed by atoms with Crippen molar-refractivity contribution >= 4 is 28.5 Å². The second-order valence-corrected chi connectivity index (χ2v) is 4.44. The van der Waals surface area contributed by atoms with Gasteiger partial charge in [0.05, 0.1) is 0 Å². The predicted molar refractivity (Wildman–Crippen MR) is 64.3 cm³/mol. The molecule has 0 saturated heterocycles. The lowest BCUT2D eigenvalue weighted by Gasteiger charge is -2.12. The maximum atomic E-state index is 11.1. The van der Waals surface area contributed by atoms with Crippen LogP contribution >= 0.6 is 11.6 Å². The molecule has 2 rings (SSSR count). The van der Waals surface area contributed by atoms with Gasteiger partial charge < -0.3 is 9.67 Å². The van der Waals surface area contributed by atoms with Crippen molar-refractivity contribution in [1.82, 2.24) is 4.57 Å². The fraction of sp³-hybridized carbons (Fsp3) is 0.250. The van der Waals surface area contributed by atoms with Crippen molar-refractivity contribution in [3.05, 3.63) is 35.0 Å². The van der Waals surface area contributed by atoms with Crippen LogP contribution in [0.4, 0.5) is 0 Å². The van der Waals surface area contributed by atoms with E-state index in [4.69, 9.17) is 16.7 Å². The number of benzene rings is 1. The summed E-state index contributed by atoms with van der Waals surface area (Å²) in [5.41, 5.74) is 1.20. The molecule has 0 unspecified atom stereocenters. The summed E-state index contributed by atoms with van der Waals surface area (Å²) < 4.78 is 1.80. The molecular formula is C12H12ClNO2. The van der Waals surface area contributed by atoms with Crippen LogP contribution in [0.1, 0.15) is 30.4 Å². The van der Waals surface area contributed by atoms with E-state index in [0.29, 0.717) is 10.7 Å². The number of hydrogen-bond donors (Lipinski definition) is 1. The zero-order chi connectivity index (χ0) is 11.9. The summed E-state index contributed by atoms with van der Waals surface area (Å²) in [6.07, 6.45) is 0. The Labute approximate surface area is 98.3 Å². The first kappa shape index (κ1) is 11.0. The number of carboxylic acid groups (broad SMARTS) is 1. The number of rotatable bonds is 2. The van der Waals surface area contributed by atoms with Gasteiger partial charge in [-0.15, -0.1) is 0 Å². The summed E-state index contributed by atoms with van der Waals surface area (Å²) >= 11 is 5.88. The molecule has 0 saturated carbocycles. The Balaban J connectivity index is 2.81. The molecule has 0 atom stereocenters. The fourth-order valence-corrected chi connectivity index (χ4v) is 2.11. The number of nitrogens with zero attached hydrogens (tertiary/aromatic N) is 1. The Morgan fingerprint density at radius 2 is 2.06 bits per heavy atom. The molecule has 0 radical (unpaired) electrons. The van der Waals surface area contributed by atoms with Crippen LogP contribution in [0.2, 0.25) is 5.02 Å². The smallest absolute Gasteiger partial charge is 0.352 e. The molecule has 1 aromatic heterocycles. The lowest BCUT2D eigenvalue weighted by molar-refractivity contribution is 0.0684. The largest absolute Gasteiger partial charge is 0.477 e. The number of halogens is 1. The van der Waals surface area contributed by atoms with Crippen molar-refractivity contribution in [2.45, 2.75) is 19.9 Å². The van der Waals surface area contributed by atoms with E-state index in [1.165, 1.54) is 0 Å².